The number of hydrogen-bond donors (Lipinski definition) is 2. The van der Waals surface area contributed by atoms with Crippen LogP contribution in [0.2, 0.25) is 5.02 Å². The molecule has 1 aliphatic heterocycles. The second-order valence-electron chi connectivity index (χ2n) is 6.59. The fourth-order valence-electron chi connectivity index (χ4n) is 3.36. The minimum Gasteiger partial charge on any atom is -0.354 e. The zero-order valence-electron chi connectivity index (χ0n) is 14.1. The summed E-state index contributed by atoms with van der Waals surface area (Å²) >= 11 is 5.95. The smallest absolute Gasteiger partial charge is 0.354 e. The summed E-state index contributed by atoms with van der Waals surface area (Å²) in [5, 5.41) is 6.14. The van der Waals surface area contributed by atoms with E-state index in [0.717, 1.165) is 5.56 Å². The third kappa shape index (κ3) is 5.25. The number of rotatable bonds is 5. The number of carbonyl (C=O) groups excluding carboxylic acids is 1. The lowest BCUT2D eigenvalue weighted by Gasteiger charge is -2.35. The number of hydrogen-bond acceptors (Lipinski definition) is 3. The molecule has 1 aromatic carbocycles. The van der Waals surface area contributed by atoms with Crippen LogP contribution in [0.15, 0.2) is 24.3 Å². The first-order chi connectivity index (χ1) is 11.9. The van der Waals surface area contributed by atoms with Gasteiger partial charge in [0.1, 0.15) is 6.04 Å². The summed E-state index contributed by atoms with van der Waals surface area (Å²) < 4.78 is 40.0. The number of piperazine rings is 1. The molecule has 3 atom stereocenters. The van der Waals surface area contributed by atoms with E-state index in [4.69, 9.17) is 11.6 Å². The van der Waals surface area contributed by atoms with Gasteiger partial charge in [0.2, 0.25) is 5.91 Å². The average molecular weight is 412 g/mol. The molecule has 1 aromatic rings. The van der Waals surface area contributed by atoms with Crippen LogP contribution in [0.4, 0.5) is 13.2 Å². The fraction of sp³-hybridized carbons (Fsp3) is 0.588. The van der Waals surface area contributed by atoms with E-state index >= 15 is 0 Å². The molecule has 1 saturated heterocycles. The first-order valence-electron chi connectivity index (χ1n) is 8.41. The Hall–Kier alpha value is -1.02. The molecule has 0 aromatic heterocycles. The van der Waals surface area contributed by atoms with Crippen molar-refractivity contribution in [1.82, 2.24) is 15.5 Å². The molecule has 1 heterocycles. The summed E-state index contributed by atoms with van der Waals surface area (Å²) in [6, 6.07) is 5.63. The van der Waals surface area contributed by atoms with E-state index < -0.39 is 18.8 Å². The Morgan fingerprint density at radius 2 is 2.04 bits per heavy atom. The van der Waals surface area contributed by atoms with Gasteiger partial charge in [-0.05, 0) is 30.0 Å². The Labute approximate surface area is 161 Å². The molecule has 1 amide bonds. The topological polar surface area (TPSA) is 44.4 Å². The van der Waals surface area contributed by atoms with Crippen LogP contribution < -0.4 is 10.6 Å². The summed E-state index contributed by atoms with van der Waals surface area (Å²) in [5.41, 5.74) is 0.960. The zero-order valence-corrected chi connectivity index (χ0v) is 15.6. The first kappa shape index (κ1) is 21.3. The van der Waals surface area contributed by atoms with Gasteiger partial charge in [-0.2, -0.15) is 13.2 Å². The summed E-state index contributed by atoms with van der Waals surface area (Å²) in [4.78, 5) is 13.6. The number of amides is 1. The van der Waals surface area contributed by atoms with E-state index in [1.54, 1.807) is 12.1 Å². The third-order valence-electron chi connectivity index (χ3n) is 4.84. The van der Waals surface area contributed by atoms with Crippen molar-refractivity contribution in [3.63, 3.8) is 0 Å². The van der Waals surface area contributed by atoms with Crippen molar-refractivity contribution in [2.24, 2.45) is 5.92 Å². The van der Waals surface area contributed by atoms with Gasteiger partial charge in [0, 0.05) is 43.7 Å². The second-order valence-corrected chi connectivity index (χ2v) is 7.03. The van der Waals surface area contributed by atoms with Crippen molar-refractivity contribution in [2.75, 3.05) is 32.7 Å². The molecule has 0 radical (unpaired) electrons. The highest BCUT2D eigenvalue weighted by molar-refractivity contribution is 6.30. The maximum Gasteiger partial charge on any atom is 0.405 e. The van der Waals surface area contributed by atoms with Crippen molar-refractivity contribution >= 4 is 29.9 Å². The van der Waals surface area contributed by atoms with Crippen molar-refractivity contribution in [2.45, 2.75) is 24.6 Å². The van der Waals surface area contributed by atoms with E-state index in [0.29, 0.717) is 37.6 Å². The maximum absolute atomic E-state index is 13.3. The summed E-state index contributed by atoms with van der Waals surface area (Å²) in [6.07, 6.45) is -3.71. The lowest BCUT2D eigenvalue weighted by molar-refractivity contribution is -0.184. The van der Waals surface area contributed by atoms with Crippen molar-refractivity contribution in [3.8, 4) is 0 Å². The molecule has 3 unspecified atom stereocenters. The minimum absolute atomic E-state index is 0. The van der Waals surface area contributed by atoms with Gasteiger partial charge in [0.15, 0.2) is 0 Å². The quantitative estimate of drug-likeness (QED) is 0.782. The van der Waals surface area contributed by atoms with Crippen LogP contribution in [0, 0.1) is 5.92 Å². The summed E-state index contributed by atoms with van der Waals surface area (Å²) in [6.45, 7) is 1.31. The summed E-state index contributed by atoms with van der Waals surface area (Å²) in [5.74, 6) is -0.535. The molecule has 4 nitrogen and oxygen atoms in total. The highest BCUT2D eigenvalue weighted by Gasteiger charge is 2.47. The number of alkyl halides is 3. The average Bonchev–Trinajstić information content (AvgIpc) is 3.35. The number of carbonyl (C=O) groups is 1. The van der Waals surface area contributed by atoms with Crippen LogP contribution in [-0.2, 0) is 4.79 Å². The Balaban J connectivity index is 0.00000243. The van der Waals surface area contributed by atoms with E-state index in [1.165, 1.54) is 4.90 Å². The van der Waals surface area contributed by atoms with Gasteiger partial charge in [-0.3, -0.25) is 9.69 Å². The minimum atomic E-state index is -4.36. The van der Waals surface area contributed by atoms with Gasteiger partial charge in [-0.1, -0.05) is 23.7 Å². The predicted molar refractivity (Wildman–Crippen MR) is 96.8 cm³/mol. The van der Waals surface area contributed by atoms with Gasteiger partial charge in [0.05, 0.1) is 0 Å². The van der Waals surface area contributed by atoms with Gasteiger partial charge in [-0.25, -0.2) is 0 Å². The van der Waals surface area contributed by atoms with Crippen LogP contribution in [0.1, 0.15) is 17.9 Å². The molecule has 0 spiro atoms. The van der Waals surface area contributed by atoms with E-state index in [2.05, 4.69) is 10.6 Å². The van der Waals surface area contributed by atoms with E-state index in [-0.39, 0.29) is 30.2 Å². The highest BCUT2D eigenvalue weighted by Crippen LogP contribution is 2.48. The van der Waals surface area contributed by atoms with Crippen LogP contribution >= 0.6 is 24.0 Å². The third-order valence-corrected chi connectivity index (χ3v) is 5.08. The molecule has 0 bridgehead atoms. The van der Waals surface area contributed by atoms with Gasteiger partial charge in [0.25, 0.3) is 0 Å². The molecule has 2 aliphatic rings. The Morgan fingerprint density at radius 3 is 2.65 bits per heavy atom. The van der Waals surface area contributed by atoms with Crippen molar-refractivity contribution < 1.29 is 18.0 Å². The van der Waals surface area contributed by atoms with Crippen LogP contribution in [0.5, 0.6) is 0 Å². The number of halogens is 5. The van der Waals surface area contributed by atoms with E-state index in [9.17, 15) is 18.0 Å². The number of benzene rings is 1. The molecule has 146 valence electrons. The molecule has 9 heteroatoms. The zero-order chi connectivity index (χ0) is 18.0. The molecule has 1 aliphatic carbocycles. The number of nitrogens with zero attached hydrogens (tertiary/aromatic N) is 1. The van der Waals surface area contributed by atoms with E-state index in [1.807, 2.05) is 12.1 Å². The van der Waals surface area contributed by atoms with Crippen LogP contribution in [-0.4, -0.2) is 55.7 Å². The maximum atomic E-state index is 13.3. The highest BCUT2D eigenvalue weighted by atomic mass is 35.5. The predicted octanol–water partition coefficient (Wildman–Crippen LogP) is 2.82. The van der Waals surface area contributed by atoms with Crippen LogP contribution in [0.25, 0.3) is 0 Å². The molecule has 2 N–H and O–H groups in total. The SMILES string of the molecule is Cl.O=C(NCC(N1CCNCC1)C(F)(F)F)C1CC1c1cccc(Cl)c1. The lowest BCUT2D eigenvalue weighted by Crippen LogP contribution is -2.57. The van der Waals surface area contributed by atoms with Crippen molar-refractivity contribution in [1.29, 1.82) is 0 Å². The first-order valence-corrected chi connectivity index (χ1v) is 8.78. The Morgan fingerprint density at radius 1 is 1.35 bits per heavy atom. The summed E-state index contributed by atoms with van der Waals surface area (Å²) in [7, 11) is 0. The van der Waals surface area contributed by atoms with Crippen LogP contribution in [0.3, 0.4) is 0 Å². The Kier molecular flexibility index (Phi) is 7.19. The molecule has 1 saturated carbocycles. The Bertz CT molecular complexity index is 624. The molecule has 3 rings (SSSR count). The van der Waals surface area contributed by atoms with Gasteiger partial charge >= 0.3 is 6.18 Å². The fourth-order valence-corrected chi connectivity index (χ4v) is 3.56. The molecular weight excluding hydrogens is 390 g/mol. The molecule has 2 fully saturated rings. The van der Waals surface area contributed by atoms with Gasteiger partial charge < -0.3 is 10.6 Å². The largest absolute Gasteiger partial charge is 0.405 e. The second kappa shape index (κ2) is 8.78. The normalized spacial score (nSPS) is 24.5. The monoisotopic (exact) mass is 411 g/mol. The van der Waals surface area contributed by atoms with Crippen molar-refractivity contribution in [3.05, 3.63) is 34.9 Å². The standard InChI is InChI=1S/C17H21ClF3N3O.ClH/c18-12-3-1-2-11(8-12)13-9-14(13)16(25)23-10-15(17(19,20)21)24-6-4-22-5-7-24;/h1-3,8,13-15,22H,4-7,9-10H2,(H,23,25);1H. The van der Waals surface area contributed by atoms with Gasteiger partial charge in [-0.15, -0.1) is 12.4 Å². The molecular formula is C17H22Cl2F3N3O. The number of nitrogens with one attached hydrogen (secondary N) is 2. The lowest BCUT2D eigenvalue weighted by atomic mass is 10.1. The molecule has 26 heavy (non-hydrogen) atoms.